The molecule has 0 aliphatic rings. The first-order valence-electron chi connectivity index (χ1n) is 8.19. The van der Waals surface area contributed by atoms with Crippen molar-refractivity contribution < 1.29 is 4.79 Å². The number of nitrogens with one attached hydrogen (secondary N) is 1. The van der Waals surface area contributed by atoms with Gasteiger partial charge in [-0.3, -0.25) is 4.79 Å². The Hall–Kier alpha value is -0.570. The summed E-state index contributed by atoms with van der Waals surface area (Å²) in [7, 11) is 0. The van der Waals surface area contributed by atoms with Gasteiger partial charge in [0.05, 0.1) is 0 Å². The lowest BCUT2D eigenvalue weighted by atomic mass is 10.1. The Balaban J connectivity index is 3.14. The zero-order valence-electron chi connectivity index (χ0n) is 13.0. The van der Waals surface area contributed by atoms with E-state index in [1.165, 1.54) is 51.4 Å². The molecule has 0 saturated carbocycles. The van der Waals surface area contributed by atoms with Crippen molar-refractivity contribution >= 4 is 5.91 Å². The van der Waals surface area contributed by atoms with Gasteiger partial charge in [-0.25, -0.2) is 0 Å². The van der Waals surface area contributed by atoms with Crippen LogP contribution in [0.5, 0.6) is 0 Å². The van der Waals surface area contributed by atoms with Crippen LogP contribution >= 0.6 is 0 Å². The summed E-state index contributed by atoms with van der Waals surface area (Å²) < 4.78 is 0. The third-order valence-corrected chi connectivity index (χ3v) is 3.43. The minimum Gasteiger partial charge on any atom is -0.356 e. The maximum Gasteiger partial charge on any atom is 0.219 e. The van der Waals surface area contributed by atoms with E-state index in [4.69, 9.17) is 5.73 Å². The minimum absolute atomic E-state index is 0.174. The Kier molecular flexibility index (Phi) is 13.4. The van der Waals surface area contributed by atoms with Crippen LogP contribution in [0.3, 0.4) is 0 Å². The second-order valence-electron chi connectivity index (χ2n) is 5.69. The SMILES string of the molecule is CCCCCCCCCCCC(=O)NCCC(C)N. The molecule has 0 aromatic carbocycles. The summed E-state index contributed by atoms with van der Waals surface area (Å²) in [5.74, 6) is 0.184. The summed E-state index contributed by atoms with van der Waals surface area (Å²) in [5, 5.41) is 2.92. The van der Waals surface area contributed by atoms with Gasteiger partial charge in [0.15, 0.2) is 0 Å². The number of carbonyl (C=O) groups excluding carboxylic acids is 1. The van der Waals surface area contributed by atoms with E-state index in [-0.39, 0.29) is 11.9 Å². The molecule has 1 atom stereocenters. The normalized spacial score (nSPS) is 12.4. The second-order valence-corrected chi connectivity index (χ2v) is 5.69. The molecular weight excluding hydrogens is 236 g/mol. The van der Waals surface area contributed by atoms with Gasteiger partial charge in [-0.15, -0.1) is 0 Å². The van der Waals surface area contributed by atoms with Gasteiger partial charge in [-0.2, -0.15) is 0 Å². The molecule has 0 bridgehead atoms. The molecule has 0 aromatic heterocycles. The highest BCUT2D eigenvalue weighted by Gasteiger charge is 2.01. The highest BCUT2D eigenvalue weighted by atomic mass is 16.1. The molecule has 0 rings (SSSR count). The van der Waals surface area contributed by atoms with E-state index < -0.39 is 0 Å². The summed E-state index contributed by atoms with van der Waals surface area (Å²) in [5.41, 5.74) is 5.63. The molecule has 0 heterocycles. The maximum absolute atomic E-state index is 11.5. The first kappa shape index (κ1) is 18.4. The molecule has 0 aliphatic carbocycles. The average molecular weight is 270 g/mol. The zero-order valence-corrected chi connectivity index (χ0v) is 13.0. The first-order valence-corrected chi connectivity index (χ1v) is 8.19. The lowest BCUT2D eigenvalue weighted by Gasteiger charge is -2.07. The quantitative estimate of drug-likeness (QED) is 0.501. The van der Waals surface area contributed by atoms with E-state index in [2.05, 4.69) is 12.2 Å². The molecule has 3 N–H and O–H groups in total. The Bertz CT molecular complexity index is 205. The summed E-state index contributed by atoms with van der Waals surface area (Å²) in [6.45, 7) is 4.93. The Morgan fingerprint density at radius 1 is 1.00 bits per heavy atom. The standard InChI is InChI=1S/C16H34N2O/c1-3-4-5-6-7-8-9-10-11-12-16(19)18-14-13-15(2)17/h15H,3-14,17H2,1-2H3,(H,18,19). The van der Waals surface area contributed by atoms with Crippen molar-refractivity contribution in [2.75, 3.05) is 6.54 Å². The van der Waals surface area contributed by atoms with E-state index in [0.717, 1.165) is 12.8 Å². The van der Waals surface area contributed by atoms with Crippen LogP contribution in [0.15, 0.2) is 0 Å². The van der Waals surface area contributed by atoms with Crippen LogP contribution in [-0.4, -0.2) is 18.5 Å². The fourth-order valence-electron chi connectivity index (χ4n) is 2.12. The number of hydrogen-bond donors (Lipinski definition) is 2. The molecule has 0 radical (unpaired) electrons. The number of unbranched alkanes of at least 4 members (excludes halogenated alkanes) is 8. The molecule has 114 valence electrons. The fraction of sp³-hybridized carbons (Fsp3) is 0.938. The van der Waals surface area contributed by atoms with Crippen LogP contribution in [0.1, 0.15) is 84.5 Å². The number of amides is 1. The highest BCUT2D eigenvalue weighted by molar-refractivity contribution is 5.75. The molecule has 0 fully saturated rings. The van der Waals surface area contributed by atoms with E-state index in [0.29, 0.717) is 13.0 Å². The van der Waals surface area contributed by atoms with Crippen LogP contribution in [0, 0.1) is 0 Å². The van der Waals surface area contributed by atoms with Crippen molar-refractivity contribution in [3.8, 4) is 0 Å². The Morgan fingerprint density at radius 2 is 1.53 bits per heavy atom. The Labute approximate surface area is 119 Å². The molecule has 0 saturated heterocycles. The van der Waals surface area contributed by atoms with Gasteiger partial charge >= 0.3 is 0 Å². The molecule has 3 nitrogen and oxygen atoms in total. The van der Waals surface area contributed by atoms with Crippen molar-refractivity contribution in [1.29, 1.82) is 0 Å². The Morgan fingerprint density at radius 3 is 2.05 bits per heavy atom. The molecule has 0 aliphatic heterocycles. The van der Waals surface area contributed by atoms with E-state index in [9.17, 15) is 4.79 Å². The molecule has 0 spiro atoms. The molecule has 1 unspecified atom stereocenters. The topological polar surface area (TPSA) is 55.1 Å². The molecule has 1 amide bonds. The number of carbonyl (C=O) groups is 1. The first-order chi connectivity index (χ1) is 9.16. The van der Waals surface area contributed by atoms with E-state index >= 15 is 0 Å². The third kappa shape index (κ3) is 15.4. The summed E-state index contributed by atoms with van der Waals surface area (Å²) in [6.07, 6.45) is 13.2. The second kappa shape index (κ2) is 13.9. The fourth-order valence-corrected chi connectivity index (χ4v) is 2.12. The van der Waals surface area contributed by atoms with Crippen LogP contribution in [-0.2, 0) is 4.79 Å². The predicted molar refractivity (Wildman–Crippen MR) is 83.1 cm³/mol. The van der Waals surface area contributed by atoms with Gasteiger partial charge in [0.25, 0.3) is 0 Å². The van der Waals surface area contributed by atoms with Gasteiger partial charge in [0.2, 0.25) is 5.91 Å². The van der Waals surface area contributed by atoms with Crippen molar-refractivity contribution in [3.05, 3.63) is 0 Å². The third-order valence-electron chi connectivity index (χ3n) is 3.43. The molecular formula is C16H34N2O. The molecule has 0 aromatic rings. The summed E-state index contributed by atoms with van der Waals surface area (Å²) >= 11 is 0. The minimum atomic E-state index is 0.174. The van der Waals surface area contributed by atoms with Crippen molar-refractivity contribution in [2.24, 2.45) is 5.73 Å². The molecule has 3 heteroatoms. The summed E-state index contributed by atoms with van der Waals surface area (Å²) in [6, 6.07) is 0.174. The monoisotopic (exact) mass is 270 g/mol. The number of nitrogens with two attached hydrogens (primary N) is 1. The van der Waals surface area contributed by atoms with Gasteiger partial charge in [0.1, 0.15) is 0 Å². The molecule has 19 heavy (non-hydrogen) atoms. The van der Waals surface area contributed by atoms with E-state index in [1.807, 2.05) is 6.92 Å². The van der Waals surface area contributed by atoms with Crippen LogP contribution in [0.2, 0.25) is 0 Å². The van der Waals surface area contributed by atoms with Crippen LogP contribution in [0.4, 0.5) is 0 Å². The van der Waals surface area contributed by atoms with Crippen molar-refractivity contribution in [3.63, 3.8) is 0 Å². The number of hydrogen-bond acceptors (Lipinski definition) is 2. The summed E-state index contributed by atoms with van der Waals surface area (Å²) in [4.78, 5) is 11.5. The van der Waals surface area contributed by atoms with Gasteiger partial charge in [0, 0.05) is 19.0 Å². The average Bonchev–Trinajstić information content (AvgIpc) is 2.36. The number of rotatable bonds is 13. The lowest BCUT2D eigenvalue weighted by molar-refractivity contribution is -0.121. The van der Waals surface area contributed by atoms with Gasteiger partial charge in [-0.1, -0.05) is 58.3 Å². The predicted octanol–water partition coefficient (Wildman–Crippen LogP) is 3.76. The largest absolute Gasteiger partial charge is 0.356 e. The lowest BCUT2D eigenvalue weighted by Crippen LogP contribution is -2.28. The van der Waals surface area contributed by atoms with Gasteiger partial charge < -0.3 is 11.1 Å². The van der Waals surface area contributed by atoms with Crippen molar-refractivity contribution in [1.82, 2.24) is 5.32 Å². The maximum atomic E-state index is 11.5. The van der Waals surface area contributed by atoms with Crippen LogP contribution in [0.25, 0.3) is 0 Å². The highest BCUT2D eigenvalue weighted by Crippen LogP contribution is 2.10. The van der Waals surface area contributed by atoms with E-state index in [1.54, 1.807) is 0 Å². The smallest absolute Gasteiger partial charge is 0.219 e. The van der Waals surface area contributed by atoms with Crippen molar-refractivity contribution in [2.45, 2.75) is 90.5 Å². The van der Waals surface area contributed by atoms with Crippen LogP contribution < -0.4 is 11.1 Å². The zero-order chi connectivity index (χ0) is 14.3. The van der Waals surface area contributed by atoms with Gasteiger partial charge in [-0.05, 0) is 19.8 Å².